The molecule has 0 spiro atoms. The largest absolute Gasteiger partial charge is 0.298 e. The Balaban J connectivity index is 1.66. The van der Waals surface area contributed by atoms with E-state index < -0.39 is 15.8 Å². The van der Waals surface area contributed by atoms with Gasteiger partial charge in [-0.1, -0.05) is 6.07 Å². The van der Waals surface area contributed by atoms with Crippen molar-refractivity contribution in [1.82, 2.24) is 18.8 Å². The van der Waals surface area contributed by atoms with Gasteiger partial charge >= 0.3 is 0 Å². The molecule has 0 amide bonds. The van der Waals surface area contributed by atoms with Crippen LogP contribution in [0.4, 0.5) is 4.39 Å². The normalized spacial score (nSPS) is 12.0. The molecule has 30 heavy (non-hydrogen) atoms. The van der Waals surface area contributed by atoms with Crippen LogP contribution in [0.3, 0.4) is 0 Å². The molecule has 4 rings (SSSR count). The van der Waals surface area contributed by atoms with Crippen LogP contribution in [0.25, 0.3) is 16.8 Å². The summed E-state index contributed by atoms with van der Waals surface area (Å²) in [6, 6.07) is 11.1. The van der Waals surface area contributed by atoms with Crippen LogP contribution in [0, 0.1) is 12.7 Å². The van der Waals surface area contributed by atoms with Crippen molar-refractivity contribution in [2.75, 3.05) is 7.05 Å². The third-order valence-electron chi connectivity index (χ3n) is 4.64. The first kappa shape index (κ1) is 19.7. The van der Waals surface area contributed by atoms with E-state index in [0.29, 0.717) is 16.9 Å². The lowest BCUT2D eigenvalue weighted by atomic mass is 10.1. The van der Waals surface area contributed by atoms with Crippen LogP contribution in [-0.4, -0.2) is 40.5 Å². The summed E-state index contributed by atoms with van der Waals surface area (Å²) < 4.78 is 41.6. The minimum atomic E-state index is -3.91. The van der Waals surface area contributed by atoms with Gasteiger partial charge in [-0.3, -0.25) is 9.38 Å². The first-order valence-corrected chi connectivity index (χ1v) is 10.5. The molecule has 3 aromatic heterocycles. The number of hydrogen-bond acceptors (Lipinski definition) is 5. The molecule has 152 valence electrons. The topological polar surface area (TPSA) is 79.9 Å². The third-order valence-corrected chi connectivity index (χ3v) is 6.45. The van der Waals surface area contributed by atoms with Crippen molar-refractivity contribution in [3.8, 4) is 11.1 Å². The van der Waals surface area contributed by atoms with Crippen LogP contribution in [0.2, 0.25) is 0 Å². The van der Waals surface area contributed by atoms with E-state index in [0.717, 1.165) is 21.6 Å². The number of sulfonamides is 1. The molecule has 0 aliphatic heterocycles. The maximum atomic E-state index is 13.3. The number of aromatic nitrogens is 3. The minimum Gasteiger partial charge on any atom is -0.298 e. The average Bonchev–Trinajstić information content (AvgIpc) is 3.14. The molecule has 0 unspecified atom stereocenters. The molecule has 3 heterocycles. The standard InChI is InChI=1S/C21H18FN5O2S/c1-15-10-18(22)6-7-20(15)30(28,29)26(2)25-13-19-12-24-21-8-5-17(14-27(19)21)16-4-3-9-23-11-16/h3-14H,1-2H3/b25-13+. The van der Waals surface area contributed by atoms with E-state index in [-0.39, 0.29) is 4.90 Å². The fourth-order valence-corrected chi connectivity index (χ4v) is 4.21. The Hall–Kier alpha value is -3.59. The second kappa shape index (κ2) is 7.68. The number of aryl methyl sites for hydroxylation is 1. The van der Waals surface area contributed by atoms with Crippen LogP contribution in [0.15, 0.2) is 77.2 Å². The Bertz CT molecular complexity index is 1350. The first-order chi connectivity index (χ1) is 14.4. The van der Waals surface area contributed by atoms with E-state index in [4.69, 9.17) is 0 Å². The smallest absolute Gasteiger partial charge is 0.279 e. The molecule has 1 aromatic carbocycles. The highest BCUT2D eigenvalue weighted by atomic mass is 32.2. The zero-order chi connectivity index (χ0) is 21.3. The lowest BCUT2D eigenvalue weighted by Crippen LogP contribution is -2.23. The molecule has 0 fully saturated rings. The highest BCUT2D eigenvalue weighted by molar-refractivity contribution is 7.89. The number of benzene rings is 1. The first-order valence-electron chi connectivity index (χ1n) is 9.03. The second-order valence-corrected chi connectivity index (χ2v) is 8.58. The van der Waals surface area contributed by atoms with Gasteiger partial charge in [0, 0.05) is 36.8 Å². The number of rotatable bonds is 5. The lowest BCUT2D eigenvalue weighted by Gasteiger charge is -2.15. The average molecular weight is 423 g/mol. The fraction of sp³-hybridized carbons (Fsp3) is 0.0952. The van der Waals surface area contributed by atoms with Crippen molar-refractivity contribution in [2.24, 2.45) is 5.10 Å². The van der Waals surface area contributed by atoms with Crippen molar-refractivity contribution < 1.29 is 12.8 Å². The monoisotopic (exact) mass is 423 g/mol. The van der Waals surface area contributed by atoms with Gasteiger partial charge in [-0.25, -0.2) is 9.37 Å². The van der Waals surface area contributed by atoms with Crippen molar-refractivity contribution in [3.05, 3.63) is 84.3 Å². The number of pyridine rings is 2. The number of fused-ring (bicyclic) bond motifs is 1. The van der Waals surface area contributed by atoms with E-state index in [2.05, 4.69) is 15.1 Å². The van der Waals surface area contributed by atoms with Gasteiger partial charge in [0.15, 0.2) is 0 Å². The Kier molecular flexibility index (Phi) is 5.04. The predicted octanol–water partition coefficient (Wildman–Crippen LogP) is 3.50. The van der Waals surface area contributed by atoms with Gasteiger partial charge in [-0.2, -0.15) is 17.9 Å². The van der Waals surface area contributed by atoms with Crippen LogP contribution in [0.5, 0.6) is 0 Å². The fourth-order valence-electron chi connectivity index (χ4n) is 3.05. The van der Waals surface area contributed by atoms with Crippen molar-refractivity contribution in [3.63, 3.8) is 0 Å². The van der Waals surface area contributed by atoms with E-state index in [9.17, 15) is 12.8 Å². The molecule has 0 radical (unpaired) electrons. The van der Waals surface area contributed by atoms with Gasteiger partial charge in [-0.05, 0) is 48.9 Å². The summed E-state index contributed by atoms with van der Waals surface area (Å²) in [6.45, 7) is 1.54. The molecular weight excluding hydrogens is 405 g/mol. The van der Waals surface area contributed by atoms with Crippen molar-refractivity contribution >= 4 is 21.9 Å². The van der Waals surface area contributed by atoms with Crippen LogP contribution >= 0.6 is 0 Å². The zero-order valence-electron chi connectivity index (χ0n) is 16.3. The minimum absolute atomic E-state index is 0.000515. The predicted molar refractivity (Wildman–Crippen MR) is 112 cm³/mol. The Morgan fingerprint density at radius 3 is 2.70 bits per heavy atom. The Morgan fingerprint density at radius 1 is 1.13 bits per heavy atom. The molecule has 7 nitrogen and oxygen atoms in total. The SMILES string of the molecule is Cc1cc(F)ccc1S(=O)(=O)N(C)/N=C/c1cnc2ccc(-c3cccnc3)cn12. The quantitative estimate of drug-likeness (QED) is 0.364. The summed E-state index contributed by atoms with van der Waals surface area (Å²) in [7, 11) is -2.58. The van der Waals surface area contributed by atoms with E-state index >= 15 is 0 Å². The van der Waals surface area contributed by atoms with Crippen molar-refractivity contribution in [1.29, 1.82) is 0 Å². The molecular formula is C21H18FN5O2S. The molecule has 0 aliphatic rings. The van der Waals surface area contributed by atoms with Crippen LogP contribution in [-0.2, 0) is 10.0 Å². The summed E-state index contributed by atoms with van der Waals surface area (Å²) in [5, 5.41) is 4.08. The molecule has 0 aliphatic carbocycles. The number of nitrogens with zero attached hydrogens (tertiary/aromatic N) is 5. The maximum Gasteiger partial charge on any atom is 0.279 e. The Morgan fingerprint density at radius 2 is 1.97 bits per heavy atom. The maximum absolute atomic E-state index is 13.3. The van der Waals surface area contributed by atoms with Gasteiger partial charge in [0.2, 0.25) is 0 Å². The molecule has 0 N–H and O–H groups in total. The summed E-state index contributed by atoms with van der Waals surface area (Å²) in [5.41, 5.74) is 3.50. The third kappa shape index (κ3) is 3.67. The van der Waals surface area contributed by atoms with Gasteiger partial charge in [0.05, 0.1) is 23.0 Å². The molecule has 4 aromatic rings. The van der Waals surface area contributed by atoms with Crippen molar-refractivity contribution in [2.45, 2.75) is 11.8 Å². The summed E-state index contributed by atoms with van der Waals surface area (Å²) in [6.07, 6.45) is 8.38. The zero-order valence-corrected chi connectivity index (χ0v) is 17.1. The molecule has 0 atom stereocenters. The molecule has 0 saturated heterocycles. The lowest BCUT2D eigenvalue weighted by molar-refractivity contribution is 0.490. The van der Waals surface area contributed by atoms with Crippen LogP contribution < -0.4 is 0 Å². The number of halogens is 1. The Labute approximate surface area is 173 Å². The van der Waals surface area contributed by atoms with E-state index in [1.165, 1.54) is 32.3 Å². The molecule has 0 saturated carbocycles. The number of hydrogen-bond donors (Lipinski definition) is 0. The van der Waals surface area contributed by atoms with Gasteiger partial charge in [-0.15, -0.1) is 0 Å². The summed E-state index contributed by atoms with van der Waals surface area (Å²) in [5.74, 6) is -0.493. The summed E-state index contributed by atoms with van der Waals surface area (Å²) >= 11 is 0. The molecule has 0 bridgehead atoms. The second-order valence-electron chi connectivity index (χ2n) is 6.66. The van der Waals surface area contributed by atoms with E-state index in [1.54, 1.807) is 18.6 Å². The van der Waals surface area contributed by atoms with Gasteiger partial charge < -0.3 is 0 Å². The van der Waals surface area contributed by atoms with Crippen LogP contribution in [0.1, 0.15) is 11.3 Å². The van der Waals surface area contributed by atoms with Gasteiger partial charge in [0.1, 0.15) is 11.5 Å². The number of hydrazone groups is 1. The number of imidazole rings is 1. The summed E-state index contributed by atoms with van der Waals surface area (Å²) in [4.78, 5) is 8.45. The van der Waals surface area contributed by atoms with Gasteiger partial charge in [0.25, 0.3) is 10.0 Å². The highest BCUT2D eigenvalue weighted by Gasteiger charge is 2.21. The molecule has 9 heteroatoms. The highest BCUT2D eigenvalue weighted by Crippen LogP contribution is 2.21. The van der Waals surface area contributed by atoms with E-state index in [1.807, 2.05) is 34.9 Å².